The van der Waals surface area contributed by atoms with E-state index in [1.54, 1.807) is 32.7 Å². The Morgan fingerprint density at radius 2 is 1.47 bits per heavy atom. The lowest BCUT2D eigenvalue weighted by Crippen LogP contribution is -1.95. The molecule has 0 aliphatic heterocycles. The Balaban J connectivity index is 1.48. The maximum atomic E-state index is 6.21. The number of ether oxygens (including phenoxy) is 3. The van der Waals surface area contributed by atoms with Gasteiger partial charge in [0, 0.05) is 33.7 Å². The lowest BCUT2D eigenvalue weighted by Gasteiger charge is -2.13. The highest BCUT2D eigenvalue weighted by atomic mass is 32.1. The molecule has 0 atom stereocenters. The summed E-state index contributed by atoms with van der Waals surface area (Å²) in [6, 6.07) is 17.8. The fourth-order valence-corrected chi connectivity index (χ4v) is 4.96. The first-order valence-corrected chi connectivity index (χ1v) is 11.5. The first-order valence-electron chi connectivity index (χ1n) is 10.6. The van der Waals surface area contributed by atoms with Crippen molar-refractivity contribution in [2.24, 2.45) is 0 Å². The molecule has 2 heterocycles. The first kappa shape index (κ1) is 21.8. The largest absolute Gasteiger partial charge is 0.493 e. The minimum Gasteiger partial charge on any atom is -0.493 e. The predicted octanol–water partition coefficient (Wildman–Crippen LogP) is 6.17. The number of hydrogen-bond acceptors (Lipinski definition) is 8. The third kappa shape index (κ3) is 3.92. The number of aromatic nitrogens is 2. The van der Waals surface area contributed by atoms with Crippen LogP contribution in [-0.2, 0) is 0 Å². The van der Waals surface area contributed by atoms with Crippen LogP contribution in [0.2, 0.25) is 0 Å². The molecule has 5 rings (SSSR count). The van der Waals surface area contributed by atoms with Gasteiger partial charge in [-0.2, -0.15) is 0 Å². The molecule has 8 heteroatoms. The molecule has 0 fully saturated rings. The number of aryl methyl sites for hydroxylation is 1. The molecule has 3 N–H and O–H groups in total. The molecule has 2 aromatic heterocycles. The molecule has 7 nitrogen and oxygen atoms in total. The quantitative estimate of drug-likeness (QED) is 0.305. The van der Waals surface area contributed by atoms with Gasteiger partial charge < -0.3 is 25.3 Å². The normalized spacial score (nSPS) is 11.1. The smallest absolute Gasteiger partial charge is 0.203 e. The summed E-state index contributed by atoms with van der Waals surface area (Å²) in [5.74, 6) is 1.75. The molecule has 172 valence electrons. The summed E-state index contributed by atoms with van der Waals surface area (Å²) in [6.45, 7) is 1.94. The van der Waals surface area contributed by atoms with E-state index in [4.69, 9.17) is 24.9 Å². The molecule has 0 saturated heterocycles. The lowest BCUT2D eigenvalue weighted by molar-refractivity contribution is 0.324. The van der Waals surface area contributed by atoms with Gasteiger partial charge in [0.05, 0.1) is 37.1 Å². The van der Waals surface area contributed by atoms with Gasteiger partial charge in [-0.25, -0.2) is 4.98 Å². The summed E-state index contributed by atoms with van der Waals surface area (Å²) in [5, 5.41) is 5.27. The van der Waals surface area contributed by atoms with Gasteiger partial charge in [0.15, 0.2) is 11.5 Å². The Bertz CT molecular complexity index is 1510. The molecule has 0 spiro atoms. The fourth-order valence-electron chi connectivity index (χ4n) is 3.96. The highest BCUT2D eigenvalue weighted by Gasteiger charge is 2.16. The average molecular weight is 473 g/mol. The summed E-state index contributed by atoms with van der Waals surface area (Å²) < 4.78 is 17.5. The zero-order valence-electron chi connectivity index (χ0n) is 19.3. The summed E-state index contributed by atoms with van der Waals surface area (Å²) in [4.78, 5) is 9.36. The van der Waals surface area contributed by atoms with Crippen molar-refractivity contribution < 1.29 is 14.2 Å². The van der Waals surface area contributed by atoms with E-state index in [-0.39, 0.29) is 0 Å². The van der Waals surface area contributed by atoms with Gasteiger partial charge >= 0.3 is 0 Å². The van der Waals surface area contributed by atoms with Gasteiger partial charge in [-0.15, -0.1) is 11.3 Å². The molecule has 0 bridgehead atoms. The molecule has 3 aromatic carbocycles. The SMILES string of the molecule is COc1cc(-c2nc3ccc(Nc4ccc5nc(C)cc(N)c5c4)cc3s2)cc(OC)c1OC. The van der Waals surface area contributed by atoms with Crippen molar-refractivity contribution in [2.45, 2.75) is 6.92 Å². The standard InChI is InChI=1S/C26H24N4O3S/c1-14-9-19(27)18-12-16(5-7-20(18)28-14)29-17-6-8-21-24(13-17)34-26(30-21)15-10-22(31-2)25(33-4)23(11-15)32-3/h5-13,29H,1-4H3,(H2,27,28). The Hall–Kier alpha value is -4.04. The maximum Gasteiger partial charge on any atom is 0.203 e. The zero-order valence-corrected chi connectivity index (χ0v) is 20.1. The van der Waals surface area contributed by atoms with Gasteiger partial charge in [-0.1, -0.05) is 0 Å². The second-order valence-electron chi connectivity index (χ2n) is 7.83. The molecule has 0 saturated carbocycles. The van der Waals surface area contributed by atoms with E-state index in [2.05, 4.69) is 16.4 Å². The predicted molar refractivity (Wildman–Crippen MR) is 139 cm³/mol. The number of hydrogen-bond donors (Lipinski definition) is 2. The Kier molecular flexibility index (Phi) is 5.59. The minimum absolute atomic E-state index is 0.558. The van der Waals surface area contributed by atoms with E-state index in [1.807, 2.05) is 55.5 Å². The van der Waals surface area contributed by atoms with Crippen LogP contribution in [0.5, 0.6) is 17.2 Å². The fraction of sp³-hybridized carbons (Fsp3) is 0.154. The number of benzene rings is 3. The van der Waals surface area contributed by atoms with Crippen molar-refractivity contribution in [2.75, 3.05) is 32.4 Å². The topological polar surface area (TPSA) is 91.5 Å². The van der Waals surface area contributed by atoms with E-state index in [9.17, 15) is 0 Å². The zero-order chi connectivity index (χ0) is 23.8. The highest BCUT2D eigenvalue weighted by molar-refractivity contribution is 7.21. The lowest BCUT2D eigenvalue weighted by atomic mass is 10.1. The number of nitrogen functional groups attached to an aromatic ring is 1. The monoisotopic (exact) mass is 472 g/mol. The van der Waals surface area contributed by atoms with Crippen LogP contribution < -0.4 is 25.3 Å². The van der Waals surface area contributed by atoms with Gasteiger partial charge in [-0.05, 0) is 61.5 Å². The first-order chi connectivity index (χ1) is 16.5. The van der Waals surface area contributed by atoms with Gasteiger partial charge in [0.2, 0.25) is 5.75 Å². The molecule has 0 amide bonds. The molecule has 0 aliphatic carbocycles. The van der Waals surface area contributed by atoms with Crippen LogP contribution in [0.4, 0.5) is 17.1 Å². The van der Waals surface area contributed by atoms with Crippen LogP contribution in [0.15, 0.2) is 54.6 Å². The van der Waals surface area contributed by atoms with Crippen molar-refractivity contribution in [3.8, 4) is 27.8 Å². The number of nitrogens with two attached hydrogens (primary N) is 1. The summed E-state index contributed by atoms with van der Waals surface area (Å²) in [5.41, 5.74) is 12.5. The maximum absolute atomic E-state index is 6.21. The highest BCUT2D eigenvalue weighted by Crippen LogP contribution is 2.43. The summed E-state index contributed by atoms with van der Waals surface area (Å²) >= 11 is 1.60. The number of pyridine rings is 1. The number of nitrogens with zero attached hydrogens (tertiary/aromatic N) is 2. The number of methoxy groups -OCH3 is 3. The molecule has 0 aliphatic rings. The van der Waals surface area contributed by atoms with Crippen LogP contribution in [-0.4, -0.2) is 31.3 Å². The third-order valence-electron chi connectivity index (χ3n) is 5.56. The van der Waals surface area contributed by atoms with Gasteiger partial charge in [-0.3, -0.25) is 4.98 Å². The van der Waals surface area contributed by atoms with Crippen LogP contribution in [0.1, 0.15) is 5.69 Å². The van der Waals surface area contributed by atoms with E-state index in [1.165, 1.54) is 0 Å². The number of fused-ring (bicyclic) bond motifs is 2. The van der Waals surface area contributed by atoms with Crippen LogP contribution >= 0.6 is 11.3 Å². The molecule has 34 heavy (non-hydrogen) atoms. The van der Waals surface area contributed by atoms with Crippen LogP contribution in [0.25, 0.3) is 31.7 Å². The Morgan fingerprint density at radius 1 is 0.794 bits per heavy atom. The Labute approximate surface area is 201 Å². The summed E-state index contributed by atoms with van der Waals surface area (Å²) in [6.07, 6.45) is 0. The van der Waals surface area contributed by atoms with Crippen molar-refractivity contribution in [1.29, 1.82) is 0 Å². The van der Waals surface area contributed by atoms with Gasteiger partial charge in [0.1, 0.15) is 5.01 Å². The van der Waals surface area contributed by atoms with Crippen molar-refractivity contribution in [3.05, 3.63) is 60.3 Å². The van der Waals surface area contributed by atoms with Gasteiger partial charge in [0.25, 0.3) is 0 Å². The van der Waals surface area contributed by atoms with Crippen molar-refractivity contribution in [1.82, 2.24) is 9.97 Å². The Morgan fingerprint density at radius 3 is 2.15 bits per heavy atom. The summed E-state index contributed by atoms with van der Waals surface area (Å²) in [7, 11) is 4.80. The number of thiazole rings is 1. The van der Waals surface area contributed by atoms with E-state index in [0.29, 0.717) is 17.2 Å². The molecular weight excluding hydrogens is 448 g/mol. The van der Waals surface area contributed by atoms with Crippen molar-refractivity contribution in [3.63, 3.8) is 0 Å². The minimum atomic E-state index is 0.558. The van der Waals surface area contributed by atoms with Crippen molar-refractivity contribution >= 4 is 49.5 Å². The van der Waals surface area contributed by atoms with Crippen LogP contribution in [0.3, 0.4) is 0 Å². The second kappa shape index (κ2) is 8.72. The average Bonchev–Trinajstić information content (AvgIpc) is 3.27. The number of anilines is 3. The number of nitrogens with one attached hydrogen (secondary N) is 1. The molecular formula is C26H24N4O3S. The molecule has 0 unspecified atom stereocenters. The van der Waals surface area contributed by atoms with E-state index in [0.717, 1.165) is 54.4 Å². The second-order valence-corrected chi connectivity index (χ2v) is 8.86. The van der Waals surface area contributed by atoms with E-state index < -0.39 is 0 Å². The number of rotatable bonds is 6. The molecule has 5 aromatic rings. The van der Waals surface area contributed by atoms with E-state index >= 15 is 0 Å². The molecule has 0 radical (unpaired) electrons. The third-order valence-corrected chi connectivity index (χ3v) is 6.62. The van der Waals surface area contributed by atoms with Crippen LogP contribution in [0, 0.1) is 6.92 Å².